The van der Waals surface area contributed by atoms with Gasteiger partial charge in [-0.2, -0.15) is 5.10 Å². The third-order valence-electron chi connectivity index (χ3n) is 4.26. The van der Waals surface area contributed by atoms with E-state index in [4.69, 9.17) is 4.74 Å². The van der Waals surface area contributed by atoms with E-state index in [0.717, 1.165) is 6.21 Å². The molecule has 0 atom stereocenters. The van der Waals surface area contributed by atoms with Gasteiger partial charge in [-0.3, -0.25) is 19.6 Å². The molecule has 0 unspecified atom stereocenters. The number of hydrogen-bond donors (Lipinski definition) is 2. The molecule has 0 radical (unpaired) electrons. The number of carbonyl (C=O) groups excluding carboxylic acids is 1. The molecule has 0 aliphatic rings. The molecule has 0 saturated carbocycles. The maximum Gasteiger partial charge on any atom is 0.278 e. The normalized spacial score (nSPS) is 11.2. The van der Waals surface area contributed by atoms with Crippen LogP contribution in [0.2, 0.25) is 0 Å². The number of methoxy groups -OCH3 is 1. The molecule has 0 saturated heterocycles. The van der Waals surface area contributed by atoms with E-state index in [0.29, 0.717) is 5.75 Å². The van der Waals surface area contributed by atoms with Gasteiger partial charge < -0.3 is 4.74 Å². The molecule has 0 bridgehead atoms. The molecule has 0 aliphatic heterocycles. The molecule has 0 spiro atoms. The molecule has 0 heterocycles. The van der Waals surface area contributed by atoms with Crippen molar-refractivity contribution in [3.8, 4) is 5.75 Å². The molecule has 32 heavy (non-hydrogen) atoms. The maximum absolute atomic E-state index is 12.8. The second-order valence-corrected chi connectivity index (χ2v) is 8.03. The average molecular weight is 454 g/mol. The highest BCUT2D eigenvalue weighted by atomic mass is 32.2. The van der Waals surface area contributed by atoms with E-state index in [2.05, 4.69) is 15.2 Å². The average Bonchev–Trinajstić information content (AvgIpc) is 2.79. The summed E-state index contributed by atoms with van der Waals surface area (Å²) in [5.74, 6) is -0.344. The minimum Gasteiger partial charge on any atom is -0.495 e. The van der Waals surface area contributed by atoms with Gasteiger partial charge in [-0.05, 0) is 36.4 Å². The highest BCUT2D eigenvalue weighted by Crippen LogP contribution is 2.26. The summed E-state index contributed by atoms with van der Waals surface area (Å²) in [4.78, 5) is 22.7. The number of ether oxygens (including phenoxy) is 1. The quantitative estimate of drug-likeness (QED) is 0.304. The van der Waals surface area contributed by atoms with Crippen LogP contribution >= 0.6 is 0 Å². The van der Waals surface area contributed by atoms with E-state index in [-0.39, 0.29) is 27.4 Å². The summed E-state index contributed by atoms with van der Waals surface area (Å²) in [6.45, 7) is 0. The van der Waals surface area contributed by atoms with E-state index in [1.54, 1.807) is 30.3 Å². The highest BCUT2D eigenvalue weighted by molar-refractivity contribution is 7.92. The van der Waals surface area contributed by atoms with Crippen LogP contribution in [0.5, 0.6) is 5.75 Å². The van der Waals surface area contributed by atoms with Crippen molar-refractivity contribution in [2.45, 2.75) is 4.90 Å². The third-order valence-corrected chi connectivity index (χ3v) is 5.62. The fraction of sp³-hybridized carbons (Fsp3) is 0.0476. The lowest BCUT2D eigenvalue weighted by molar-refractivity contribution is -0.385. The predicted octanol–water partition coefficient (Wildman–Crippen LogP) is 3.17. The minimum atomic E-state index is -4.00. The van der Waals surface area contributed by atoms with Gasteiger partial charge in [0.25, 0.3) is 21.6 Å². The van der Waals surface area contributed by atoms with Crippen molar-refractivity contribution in [3.63, 3.8) is 0 Å². The molecule has 3 rings (SSSR count). The number of para-hydroxylation sites is 3. The third kappa shape index (κ3) is 5.26. The molecule has 1 amide bonds. The first kappa shape index (κ1) is 22.4. The van der Waals surface area contributed by atoms with Crippen LogP contribution in [0.3, 0.4) is 0 Å². The number of hydrogen-bond acceptors (Lipinski definition) is 7. The van der Waals surface area contributed by atoms with Gasteiger partial charge >= 0.3 is 0 Å². The number of carbonyl (C=O) groups is 1. The molecule has 0 fully saturated rings. The fourth-order valence-corrected chi connectivity index (χ4v) is 3.84. The topological polar surface area (TPSA) is 140 Å². The number of anilines is 1. The number of nitro benzene ring substituents is 1. The smallest absolute Gasteiger partial charge is 0.278 e. The van der Waals surface area contributed by atoms with E-state index in [1.807, 2.05) is 0 Å². The van der Waals surface area contributed by atoms with Gasteiger partial charge in [0.05, 0.1) is 34.4 Å². The van der Waals surface area contributed by atoms with Crippen LogP contribution in [-0.4, -0.2) is 32.6 Å². The van der Waals surface area contributed by atoms with Crippen LogP contribution in [0.4, 0.5) is 11.4 Å². The van der Waals surface area contributed by atoms with E-state index in [1.165, 1.54) is 49.6 Å². The summed E-state index contributed by atoms with van der Waals surface area (Å²) < 4.78 is 33.1. The highest BCUT2D eigenvalue weighted by Gasteiger charge is 2.18. The molecule has 2 N–H and O–H groups in total. The Morgan fingerprint density at radius 2 is 1.78 bits per heavy atom. The van der Waals surface area contributed by atoms with E-state index in [9.17, 15) is 23.3 Å². The zero-order valence-corrected chi connectivity index (χ0v) is 17.6. The number of nitrogens with zero attached hydrogens (tertiary/aromatic N) is 2. The molecular weight excluding hydrogens is 436 g/mol. The number of amides is 1. The summed E-state index contributed by atoms with van der Waals surface area (Å²) >= 11 is 0. The van der Waals surface area contributed by atoms with Gasteiger partial charge in [0, 0.05) is 11.6 Å². The lowest BCUT2D eigenvalue weighted by atomic mass is 10.2. The Labute approximate surface area is 183 Å². The van der Waals surface area contributed by atoms with Crippen molar-refractivity contribution >= 4 is 33.5 Å². The number of hydrazone groups is 1. The van der Waals surface area contributed by atoms with Gasteiger partial charge in [0.15, 0.2) is 0 Å². The Kier molecular flexibility index (Phi) is 6.80. The second-order valence-electron chi connectivity index (χ2n) is 6.35. The largest absolute Gasteiger partial charge is 0.495 e. The Hall–Kier alpha value is -4.25. The Morgan fingerprint density at radius 3 is 2.53 bits per heavy atom. The van der Waals surface area contributed by atoms with Crippen molar-refractivity contribution in [1.82, 2.24) is 5.43 Å². The summed E-state index contributed by atoms with van der Waals surface area (Å²) in [5.41, 5.74) is 2.55. The van der Waals surface area contributed by atoms with Gasteiger partial charge in [-0.15, -0.1) is 0 Å². The van der Waals surface area contributed by atoms with Crippen molar-refractivity contribution in [2.75, 3.05) is 11.8 Å². The first-order chi connectivity index (χ1) is 15.3. The summed E-state index contributed by atoms with van der Waals surface area (Å²) in [6.07, 6.45) is 1.14. The molecule has 11 heteroatoms. The first-order valence-electron chi connectivity index (χ1n) is 9.14. The monoisotopic (exact) mass is 454 g/mol. The molecule has 164 valence electrons. The van der Waals surface area contributed by atoms with Crippen LogP contribution < -0.4 is 14.9 Å². The lowest BCUT2D eigenvalue weighted by Gasteiger charge is -2.12. The van der Waals surface area contributed by atoms with Crippen molar-refractivity contribution in [3.05, 3.63) is 94.0 Å². The maximum atomic E-state index is 12.8. The molecule has 0 aliphatic carbocycles. The Balaban J connectivity index is 1.77. The SMILES string of the molecule is COc1ccccc1NS(=O)(=O)c1cccc(C(=O)N/N=C\c2ccccc2[N+](=O)[O-])c1. The molecular formula is C21H18N4O6S. The number of sulfonamides is 1. The first-order valence-corrected chi connectivity index (χ1v) is 10.6. The van der Waals surface area contributed by atoms with Crippen LogP contribution in [0, 0.1) is 10.1 Å². The van der Waals surface area contributed by atoms with Crippen molar-refractivity contribution in [1.29, 1.82) is 0 Å². The van der Waals surface area contributed by atoms with Crippen LogP contribution in [0.25, 0.3) is 0 Å². The fourth-order valence-electron chi connectivity index (χ4n) is 2.73. The zero-order valence-electron chi connectivity index (χ0n) is 16.8. The number of nitro groups is 1. The lowest BCUT2D eigenvalue weighted by Crippen LogP contribution is -2.19. The zero-order chi connectivity index (χ0) is 23.1. The molecule has 10 nitrogen and oxygen atoms in total. The number of nitrogens with one attached hydrogen (secondary N) is 2. The van der Waals surface area contributed by atoms with Gasteiger partial charge in [-0.25, -0.2) is 13.8 Å². The second kappa shape index (κ2) is 9.71. The summed E-state index contributed by atoms with van der Waals surface area (Å²) in [6, 6.07) is 17.8. The molecule has 3 aromatic rings. The van der Waals surface area contributed by atoms with E-state index >= 15 is 0 Å². The van der Waals surface area contributed by atoms with Gasteiger partial charge in [0.1, 0.15) is 5.75 Å². The minimum absolute atomic E-state index is 0.0348. The van der Waals surface area contributed by atoms with Gasteiger partial charge in [0.2, 0.25) is 0 Å². The van der Waals surface area contributed by atoms with E-state index < -0.39 is 20.9 Å². The van der Waals surface area contributed by atoms with Crippen LogP contribution in [0.15, 0.2) is 82.8 Å². The van der Waals surface area contributed by atoms with Crippen molar-refractivity contribution in [2.24, 2.45) is 5.10 Å². The van der Waals surface area contributed by atoms with Gasteiger partial charge in [-0.1, -0.05) is 30.3 Å². The molecule has 3 aromatic carbocycles. The number of rotatable bonds is 8. The standard InChI is InChI=1S/C21H18N4O6S/c1-31-20-12-5-3-10-18(20)24-32(29,30)17-9-6-8-15(13-17)21(26)23-22-14-16-7-2-4-11-19(16)25(27)28/h2-14,24H,1H3,(H,23,26)/b22-14-. The molecule has 0 aromatic heterocycles. The summed E-state index contributed by atoms with van der Waals surface area (Å²) in [7, 11) is -2.58. The van der Waals surface area contributed by atoms with Crippen LogP contribution in [-0.2, 0) is 10.0 Å². The van der Waals surface area contributed by atoms with Crippen LogP contribution in [0.1, 0.15) is 15.9 Å². The number of benzene rings is 3. The van der Waals surface area contributed by atoms with Crippen molar-refractivity contribution < 1.29 is 22.9 Å². The Morgan fingerprint density at radius 1 is 1.06 bits per heavy atom. The Bertz CT molecular complexity index is 1290. The summed E-state index contributed by atoms with van der Waals surface area (Å²) in [5, 5.41) is 14.8. The predicted molar refractivity (Wildman–Crippen MR) is 118 cm³/mol.